The molecule has 0 aliphatic rings. The van der Waals surface area contributed by atoms with Crippen molar-refractivity contribution in [3.05, 3.63) is 87.4 Å². The van der Waals surface area contributed by atoms with Crippen molar-refractivity contribution in [2.24, 2.45) is 0 Å². The van der Waals surface area contributed by atoms with E-state index in [-0.39, 0.29) is 16.7 Å². The summed E-state index contributed by atoms with van der Waals surface area (Å²) in [4.78, 5) is 0. The molecule has 0 unspecified atom stereocenters. The molecule has 0 radical (unpaired) electrons. The minimum absolute atomic E-state index is 0.0399. The highest BCUT2D eigenvalue weighted by Crippen LogP contribution is 2.33. The number of rotatable bonds is 7. The largest absolute Gasteiger partial charge is 0.493 e. The van der Waals surface area contributed by atoms with Gasteiger partial charge in [0.1, 0.15) is 18.2 Å². The Labute approximate surface area is 171 Å². The Morgan fingerprint density at radius 1 is 0.929 bits per heavy atom. The van der Waals surface area contributed by atoms with Crippen LogP contribution in [0.15, 0.2) is 54.6 Å². The monoisotopic (exact) mass is 423 g/mol. The number of anilines is 1. The van der Waals surface area contributed by atoms with E-state index in [0.717, 1.165) is 5.56 Å². The molecule has 0 saturated heterocycles. The van der Waals surface area contributed by atoms with E-state index in [4.69, 9.17) is 32.7 Å². The van der Waals surface area contributed by atoms with E-state index < -0.39 is 11.6 Å². The molecule has 0 amide bonds. The van der Waals surface area contributed by atoms with Gasteiger partial charge in [0.05, 0.1) is 17.2 Å². The van der Waals surface area contributed by atoms with Crippen LogP contribution in [0.5, 0.6) is 11.5 Å². The van der Waals surface area contributed by atoms with Gasteiger partial charge >= 0.3 is 0 Å². The third kappa shape index (κ3) is 4.86. The summed E-state index contributed by atoms with van der Waals surface area (Å²) >= 11 is 11.9. The minimum Gasteiger partial charge on any atom is -0.493 e. The Bertz CT molecular complexity index is 983. The lowest BCUT2D eigenvalue weighted by Gasteiger charge is -2.16. The second-order valence-electron chi connectivity index (χ2n) is 5.96. The van der Waals surface area contributed by atoms with Crippen molar-refractivity contribution in [2.75, 3.05) is 12.4 Å². The molecule has 0 atom stereocenters. The van der Waals surface area contributed by atoms with Gasteiger partial charge in [-0.1, -0.05) is 41.4 Å². The van der Waals surface area contributed by atoms with Crippen molar-refractivity contribution in [3.8, 4) is 11.5 Å². The highest BCUT2D eigenvalue weighted by Gasteiger charge is 2.12. The molecule has 3 rings (SSSR count). The fraction of sp³-hybridized carbons (Fsp3) is 0.143. The van der Waals surface area contributed by atoms with Gasteiger partial charge in [-0.25, -0.2) is 8.78 Å². The zero-order valence-corrected chi connectivity index (χ0v) is 16.5. The molecule has 0 bridgehead atoms. The number of benzene rings is 3. The Hall–Kier alpha value is -2.50. The summed E-state index contributed by atoms with van der Waals surface area (Å²) < 4.78 is 37.9. The summed E-state index contributed by atoms with van der Waals surface area (Å²) in [7, 11) is 1.55. The normalized spacial score (nSPS) is 10.6. The second-order valence-corrected chi connectivity index (χ2v) is 6.77. The van der Waals surface area contributed by atoms with Gasteiger partial charge in [-0.05, 0) is 36.4 Å². The molecule has 0 aliphatic heterocycles. The standard InChI is InChI=1S/C21H17Cl2F2NO2/c1-27-20-4-2-3-13(11-26-16-7-8-19(25)18(23)10-16)21(20)28-12-14-5-6-15(24)9-17(14)22/h2-10,26H,11-12H2,1H3. The lowest BCUT2D eigenvalue weighted by Crippen LogP contribution is -2.05. The molecular weight excluding hydrogens is 407 g/mol. The highest BCUT2D eigenvalue weighted by atomic mass is 35.5. The fourth-order valence-corrected chi connectivity index (χ4v) is 3.02. The van der Waals surface area contributed by atoms with Crippen LogP contribution >= 0.6 is 23.2 Å². The van der Waals surface area contributed by atoms with E-state index in [1.54, 1.807) is 25.3 Å². The number of nitrogens with one attached hydrogen (secondary N) is 1. The van der Waals surface area contributed by atoms with Gasteiger partial charge in [0.2, 0.25) is 0 Å². The molecule has 3 nitrogen and oxygen atoms in total. The zero-order valence-electron chi connectivity index (χ0n) is 14.9. The van der Waals surface area contributed by atoms with Crippen LogP contribution in [0.2, 0.25) is 10.0 Å². The Morgan fingerprint density at radius 2 is 1.75 bits per heavy atom. The Morgan fingerprint density at radius 3 is 2.46 bits per heavy atom. The first-order chi connectivity index (χ1) is 13.5. The van der Waals surface area contributed by atoms with Crippen LogP contribution in [0.3, 0.4) is 0 Å². The van der Waals surface area contributed by atoms with Crippen molar-refractivity contribution < 1.29 is 18.3 Å². The summed E-state index contributed by atoms with van der Waals surface area (Å²) in [5.41, 5.74) is 2.14. The number of para-hydroxylation sites is 1. The molecular formula is C21H17Cl2F2NO2. The van der Waals surface area contributed by atoms with Gasteiger partial charge < -0.3 is 14.8 Å². The van der Waals surface area contributed by atoms with Crippen LogP contribution in [0.1, 0.15) is 11.1 Å². The van der Waals surface area contributed by atoms with Gasteiger partial charge in [0, 0.05) is 23.4 Å². The van der Waals surface area contributed by atoms with Gasteiger partial charge in [-0.2, -0.15) is 0 Å². The molecule has 146 valence electrons. The van der Waals surface area contributed by atoms with Gasteiger partial charge in [-0.3, -0.25) is 0 Å². The van der Waals surface area contributed by atoms with Crippen molar-refractivity contribution in [2.45, 2.75) is 13.2 Å². The summed E-state index contributed by atoms with van der Waals surface area (Å²) in [6.45, 7) is 0.542. The van der Waals surface area contributed by atoms with E-state index in [2.05, 4.69) is 5.32 Å². The first kappa shape index (κ1) is 20.2. The van der Waals surface area contributed by atoms with E-state index in [1.165, 1.54) is 24.3 Å². The van der Waals surface area contributed by atoms with Gasteiger partial charge in [0.25, 0.3) is 0 Å². The molecule has 0 saturated carbocycles. The van der Waals surface area contributed by atoms with Crippen LogP contribution in [-0.2, 0) is 13.2 Å². The Balaban J connectivity index is 1.78. The number of halogens is 4. The van der Waals surface area contributed by atoms with Crippen molar-refractivity contribution >= 4 is 28.9 Å². The molecule has 0 aromatic heterocycles. The number of ether oxygens (including phenoxy) is 2. The van der Waals surface area contributed by atoms with Gasteiger partial charge in [-0.15, -0.1) is 0 Å². The predicted octanol–water partition coefficient (Wildman–Crippen LogP) is 6.47. The smallest absolute Gasteiger partial charge is 0.166 e. The second kappa shape index (κ2) is 9.13. The molecule has 7 heteroatoms. The maximum absolute atomic E-state index is 13.3. The highest BCUT2D eigenvalue weighted by molar-refractivity contribution is 6.31. The third-order valence-corrected chi connectivity index (χ3v) is 4.71. The van der Waals surface area contributed by atoms with Crippen molar-refractivity contribution in [3.63, 3.8) is 0 Å². The summed E-state index contributed by atoms with van der Waals surface area (Å²) in [5.74, 6) is 0.198. The molecule has 1 N–H and O–H groups in total. The lowest BCUT2D eigenvalue weighted by molar-refractivity contribution is 0.281. The van der Waals surface area contributed by atoms with E-state index >= 15 is 0 Å². The quantitative estimate of drug-likeness (QED) is 0.472. The average Bonchev–Trinajstić information content (AvgIpc) is 2.68. The minimum atomic E-state index is -0.478. The molecule has 0 aliphatic carbocycles. The van der Waals surface area contributed by atoms with Crippen molar-refractivity contribution in [1.29, 1.82) is 0 Å². The lowest BCUT2D eigenvalue weighted by atomic mass is 10.1. The maximum atomic E-state index is 13.3. The number of hydrogen-bond acceptors (Lipinski definition) is 3. The van der Waals surface area contributed by atoms with E-state index in [9.17, 15) is 8.78 Å². The summed E-state index contributed by atoms with van der Waals surface area (Å²) in [5, 5.41) is 3.50. The topological polar surface area (TPSA) is 30.5 Å². The van der Waals surface area contributed by atoms with Crippen LogP contribution in [0, 0.1) is 11.6 Å². The molecule has 0 spiro atoms. The predicted molar refractivity (Wildman–Crippen MR) is 107 cm³/mol. The third-order valence-electron chi connectivity index (χ3n) is 4.07. The van der Waals surface area contributed by atoms with Gasteiger partial charge in [0.15, 0.2) is 11.5 Å². The van der Waals surface area contributed by atoms with E-state index in [0.29, 0.717) is 29.3 Å². The Kier molecular flexibility index (Phi) is 6.60. The first-order valence-electron chi connectivity index (χ1n) is 8.39. The van der Waals surface area contributed by atoms with Crippen LogP contribution in [0.25, 0.3) is 0 Å². The van der Waals surface area contributed by atoms with Crippen LogP contribution in [-0.4, -0.2) is 7.11 Å². The summed E-state index contributed by atoms with van der Waals surface area (Å²) in [6.07, 6.45) is 0. The fourth-order valence-electron chi connectivity index (χ4n) is 2.62. The average molecular weight is 424 g/mol. The van der Waals surface area contributed by atoms with Crippen LogP contribution in [0.4, 0.5) is 14.5 Å². The number of hydrogen-bond donors (Lipinski definition) is 1. The zero-order chi connectivity index (χ0) is 20.1. The maximum Gasteiger partial charge on any atom is 0.166 e. The van der Waals surface area contributed by atoms with E-state index in [1.807, 2.05) is 12.1 Å². The number of methoxy groups -OCH3 is 1. The molecule has 28 heavy (non-hydrogen) atoms. The molecule has 0 fully saturated rings. The summed E-state index contributed by atoms with van der Waals surface area (Å²) in [6, 6.07) is 14.0. The first-order valence-corrected chi connectivity index (χ1v) is 9.15. The van der Waals surface area contributed by atoms with Crippen LogP contribution < -0.4 is 14.8 Å². The molecule has 0 heterocycles. The molecule has 3 aromatic rings. The van der Waals surface area contributed by atoms with Crippen molar-refractivity contribution in [1.82, 2.24) is 0 Å². The molecule has 3 aromatic carbocycles. The SMILES string of the molecule is COc1cccc(CNc2ccc(F)c(Cl)c2)c1OCc1ccc(F)cc1Cl.